The minimum absolute atomic E-state index is 0.0396. The van der Waals surface area contributed by atoms with Crippen LogP contribution in [0.25, 0.3) is 0 Å². The molecule has 0 radical (unpaired) electrons. The third kappa shape index (κ3) is 2.65. The third-order valence-corrected chi connectivity index (χ3v) is 1.25. The van der Waals surface area contributed by atoms with Crippen molar-refractivity contribution in [2.45, 2.75) is 6.61 Å². The standard InChI is InChI=1S/C8H5F2NO2/c9-8(10)13-7-4-2-1-3-6(7)11-5-12/h1-4,8H. The van der Waals surface area contributed by atoms with Gasteiger partial charge in [-0.3, -0.25) is 0 Å². The molecule has 1 aromatic rings. The van der Waals surface area contributed by atoms with Gasteiger partial charge in [0.15, 0.2) is 5.75 Å². The number of nitrogens with zero attached hydrogens (tertiary/aromatic N) is 1. The third-order valence-electron chi connectivity index (χ3n) is 1.25. The van der Waals surface area contributed by atoms with Gasteiger partial charge in [-0.25, -0.2) is 4.79 Å². The van der Waals surface area contributed by atoms with Gasteiger partial charge >= 0.3 is 6.61 Å². The fourth-order valence-electron chi connectivity index (χ4n) is 0.794. The minimum Gasteiger partial charge on any atom is -0.432 e. The van der Waals surface area contributed by atoms with Crippen molar-refractivity contribution in [1.82, 2.24) is 0 Å². The topological polar surface area (TPSA) is 38.7 Å². The molecule has 68 valence electrons. The van der Waals surface area contributed by atoms with Crippen LogP contribution in [0, 0.1) is 0 Å². The number of isocyanates is 1. The van der Waals surface area contributed by atoms with Crippen molar-refractivity contribution < 1.29 is 18.3 Å². The second kappa shape index (κ2) is 4.33. The Bertz CT molecular complexity index is 335. The fourth-order valence-corrected chi connectivity index (χ4v) is 0.794. The van der Waals surface area contributed by atoms with E-state index in [0.717, 1.165) is 0 Å². The van der Waals surface area contributed by atoms with E-state index in [1.54, 1.807) is 6.07 Å². The summed E-state index contributed by atoms with van der Waals surface area (Å²) >= 11 is 0. The van der Waals surface area contributed by atoms with Gasteiger partial charge in [0.1, 0.15) is 5.69 Å². The second-order valence-corrected chi connectivity index (χ2v) is 2.05. The van der Waals surface area contributed by atoms with E-state index in [2.05, 4.69) is 9.73 Å². The number of halogens is 2. The van der Waals surface area contributed by atoms with Crippen LogP contribution in [0.3, 0.4) is 0 Å². The van der Waals surface area contributed by atoms with Gasteiger partial charge in [0.05, 0.1) is 0 Å². The lowest BCUT2D eigenvalue weighted by Crippen LogP contribution is -2.01. The zero-order valence-corrected chi connectivity index (χ0v) is 6.41. The van der Waals surface area contributed by atoms with E-state index in [0.29, 0.717) is 0 Å². The summed E-state index contributed by atoms with van der Waals surface area (Å²) in [5.41, 5.74) is 0.0396. The fraction of sp³-hybridized carbons (Fsp3) is 0.125. The smallest absolute Gasteiger partial charge is 0.387 e. The summed E-state index contributed by atoms with van der Waals surface area (Å²) in [4.78, 5) is 13.1. The first kappa shape index (κ1) is 9.35. The molecule has 1 aromatic carbocycles. The van der Waals surface area contributed by atoms with Crippen molar-refractivity contribution in [2.75, 3.05) is 0 Å². The number of benzene rings is 1. The number of carbonyl (C=O) groups excluding carboxylic acids is 1. The van der Waals surface area contributed by atoms with Crippen molar-refractivity contribution in [3.8, 4) is 5.75 Å². The highest BCUT2D eigenvalue weighted by Crippen LogP contribution is 2.27. The Kier molecular flexibility index (Phi) is 3.11. The average molecular weight is 185 g/mol. The number of hydrogen-bond donors (Lipinski definition) is 0. The molecule has 0 saturated heterocycles. The van der Waals surface area contributed by atoms with Crippen LogP contribution in [-0.2, 0) is 4.79 Å². The van der Waals surface area contributed by atoms with Gasteiger partial charge in [0.2, 0.25) is 6.08 Å². The first-order chi connectivity index (χ1) is 6.24. The predicted molar refractivity (Wildman–Crippen MR) is 40.9 cm³/mol. The van der Waals surface area contributed by atoms with Gasteiger partial charge in [-0.05, 0) is 12.1 Å². The number of ether oxygens (including phenoxy) is 1. The molecule has 0 atom stereocenters. The van der Waals surface area contributed by atoms with Crippen molar-refractivity contribution in [3.63, 3.8) is 0 Å². The lowest BCUT2D eigenvalue weighted by molar-refractivity contribution is -0.0494. The number of hydrogen-bond acceptors (Lipinski definition) is 3. The monoisotopic (exact) mass is 185 g/mol. The largest absolute Gasteiger partial charge is 0.432 e. The SMILES string of the molecule is O=C=Nc1ccccc1OC(F)F. The summed E-state index contributed by atoms with van der Waals surface area (Å²) in [5, 5.41) is 0. The molecule has 0 aromatic heterocycles. The molecule has 0 unspecified atom stereocenters. The van der Waals surface area contributed by atoms with Gasteiger partial charge in [-0.2, -0.15) is 13.8 Å². The molecule has 13 heavy (non-hydrogen) atoms. The average Bonchev–Trinajstić information content (AvgIpc) is 2.08. The van der Waals surface area contributed by atoms with Crippen molar-refractivity contribution in [2.24, 2.45) is 4.99 Å². The Morgan fingerprint density at radius 1 is 1.38 bits per heavy atom. The first-order valence-corrected chi connectivity index (χ1v) is 3.35. The number of aliphatic imine (C=N–C) groups is 1. The molecular weight excluding hydrogens is 180 g/mol. The van der Waals surface area contributed by atoms with Crippen LogP contribution < -0.4 is 4.74 Å². The summed E-state index contributed by atoms with van der Waals surface area (Å²) in [5.74, 6) is -0.138. The predicted octanol–water partition coefficient (Wildman–Crippen LogP) is 2.26. The van der Waals surface area contributed by atoms with Crippen molar-refractivity contribution >= 4 is 11.8 Å². The van der Waals surface area contributed by atoms with Gasteiger partial charge in [-0.1, -0.05) is 12.1 Å². The van der Waals surface area contributed by atoms with Crippen LogP contribution in [0.4, 0.5) is 14.5 Å². The molecule has 0 aliphatic heterocycles. The second-order valence-electron chi connectivity index (χ2n) is 2.05. The summed E-state index contributed by atoms with van der Waals surface area (Å²) in [6.07, 6.45) is 1.25. The van der Waals surface area contributed by atoms with Crippen LogP contribution in [0.15, 0.2) is 29.3 Å². The van der Waals surface area contributed by atoms with E-state index >= 15 is 0 Å². The van der Waals surface area contributed by atoms with Crippen LogP contribution in [0.5, 0.6) is 5.75 Å². The highest BCUT2D eigenvalue weighted by atomic mass is 19.3. The van der Waals surface area contributed by atoms with Crippen LogP contribution in [0.2, 0.25) is 0 Å². The summed E-state index contributed by atoms with van der Waals surface area (Å²) in [6, 6.07) is 5.72. The van der Waals surface area contributed by atoms with E-state index in [4.69, 9.17) is 0 Å². The Labute approximate surface area is 72.7 Å². The highest BCUT2D eigenvalue weighted by molar-refractivity contribution is 5.57. The first-order valence-electron chi connectivity index (χ1n) is 3.35. The maximum Gasteiger partial charge on any atom is 0.387 e. The van der Waals surface area contributed by atoms with Crippen molar-refractivity contribution in [1.29, 1.82) is 0 Å². The molecular formula is C8H5F2NO2. The molecule has 0 heterocycles. The van der Waals surface area contributed by atoms with Gasteiger partial charge in [-0.15, -0.1) is 0 Å². The van der Waals surface area contributed by atoms with Gasteiger partial charge in [0.25, 0.3) is 0 Å². The van der Waals surface area contributed by atoms with E-state index in [1.165, 1.54) is 24.3 Å². The van der Waals surface area contributed by atoms with E-state index in [1.807, 2.05) is 0 Å². The number of para-hydroxylation sites is 2. The van der Waals surface area contributed by atoms with Crippen LogP contribution in [0.1, 0.15) is 0 Å². The Balaban J connectivity index is 2.97. The number of rotatable bonds is 3. The molecule has 0 aliphatic rings. The molecule has 0 N–H and O–H groups in total. The number of alkyl halides is 2. The van der Waals surface area contributed by atoms with E-state index in [-0.39, 0.29) is 11.4 Å². The van der Waals surface area contributed by atoms with Gasteiger partial charge in [0, 0.05) is 0 Å². The molecule has 0 saturated carbocycles. The lowest BCUT2D eigenvalue weighted by atomic mass is 10.3. The van der Waals surface area contributed by atoms with Crippen molar-refractivity contribution in [3.05, 3.63) is 24.3 Å². The molecule has 0 aliphatic carbocycles. The molecule has 0 amide bonds. The molecule has 3 nitrogen and oxygen atoms in total. The Morgan fingerprint density at radius 3 is 2.69 bits per heavy atom. The normalized spacial score (nSPS) is 9.46. The van der Waals surface area contributed by atoms with Crippen LogP contribution >= 0.6 is 0 Å². The quantitative estimate of drug-likeness (QED) is 0.535. The minimum atomic E-state index is -2.93. The molecule has 0 spiro atoms. The van der Waals surface area contributed by atoms with Crippen LogP contribution in [-0.4, -0.2) is 12.7 Å². The Hall–Kier alpha value is -1.74. The molecule has 5 heteroatoms. The zero-order chi connectivity index (χ0) is 9.68. The Morgan fingerprint density at radius 2 is 2.08 bits per heavy atom. The van der Waals surface area contributed by atoms with E-state index in [9.17, 15) is 13.6 Å². The highest BCUT2D eigenvalue weighted by Gasteiger charge is 2.07. The molecule has 0 bridgehead atoms. The molecule has 1 rings (SSSR count). The maximum absolute atomic E-state index is 11.8. The summed E-state index contributed by atoms with van der Waals surface area (Å²) < 4.78 is 27.6. The summed E-state index contributed by atoms with van der Waals surface area (Å²) in [6.45, 7) is -2.93. The lowest BCUT2D eigenvalue weighted by Gasteiger charge is -2.04. The zero-order valence-electron chi connectivity index (χ0n) is 6.41. The maximum atomic E-state index is 11.8. The molecule has 0 fully saturated rings. The summed E-state index contributed by atoms with van der Waals surface area (Å²) in [7, 11) is 0. The van der Waals surface area contributed by atoms with Gasteiger partial charge < -0.3 is 4.74 Å². The van der Waals surface area contributed by atoms with E-state index < -0.39 is 6.61 Å².